The standard InChI is InChI=1S/C19H18ClNO2/c1-23-18-7-5-14(6-8-18)15-9-11-21(12-10-15)19(22)16-3-2-4-17(20)13-16/h2-9,13H,10-12H2,1H3. The zero-order chi connectivity index (χ0) is 16.2. The van der Waals surface area contributed by atoms with Gasteiger partial charge in [-0.2, -0.15) is 0 Å². The maximum atomic E-state index is 12.5. The van der Waals surface area contributed by atoms with Crippen molar-refractivity contribution < 1.29 is 9.53 Å². The number of rotatable bonds is 3. The van der Waals surface area contributed by atoms with Crippen molar-refractivity contribution in [3.63, 3.8) is 0 Å². The molecular formula is C19H18ClNO2. The maximum Gasteiger partial charge on any atom is 0.254 e. The number of halogens is 1. The highest BCUT2D eigenvalue weighted by Crippen LogP contribution is 2.25. The van der Waals surface area contributed by atoms with Gasteiger partial charge in [-0.15, -0.1) is 0 Å². The molecule has 0 unspecified atom stereocenters. The number of hydrogen-bond donors (Lipinski definition) is 0. The Balaban J connectivity index is 1.71. The normalized spacial score (nSPS) is 14.3. The molecule has 2 aromatic rings. The quantitative estimate of drug-likeness (QED) is 0.842. The molecular weight excluding hydrogens is 310 g/mol. The van der Waals surface area contributed by atoms with Crippen LogP contribution in [0.5, 0.6) is 5.75 Å². The van der Waals surface area contributed by atoms with Crippen molar-refractivity contribution in [1.29, 1.82) is 0 Å². The number of benzene rings is 2. The molecule has 23 heavy (non-hydrogen) atoms. The van der Waals surface area contributed by atoms with Crippen LogP contribution in [-0.2, 0) is 0 Å². The first-order chi connectivity index (χ1) is 11.2. The van der Waals surface area contributed by atoms with E-state index >= 15 is 0 Å². The van der Waals surface area contributed by atoms with Crippen LogP contribution in [0.4, 0.5) is 0 Å². The molecule has 1 aliphatic heterocycles. The van der Waals surface area contributed by atoms with Crippen molar-refractivity contribution in [2.24, 2.45) is 0 Å². The van der Waals surface area contributed by atoms with Crippen LogP contribution < -0.4 is 4.74 Å². The van der Waals surface area contributed by atoms with Crippen LogP contribution in [0.1, 0.15) is 22.3 Å². The third-order valence-corrected chi connectivity index (χ3v) is 4.26. The SMILES string of the molecule is COc1ccc(C2=CCN(C(=O)c3cccc(Cl)c3)CC2)cc1. The summed E-state index contributed by atoms with van der Waals surface area (Å²) in [7, 11) is 1.66. The van der Waals surface area contributed by atoms with Crippen LogP contribution in [0.15, 0.2) is 54.6 Å². The molecule has 1 heterocycles. The fourth-order valence-corrected chi connectivity index (χ4v) is 2.92. The van der Waals surface area contributed by atoms with Crippen molar-refractivity contribution in [1.82, 2.24) is 4.90 Å². The number of amides is 1. The number of nitrogens with zero attached hydrogens (tertiary/aromatic N) is 1. The average molecular weight is 328 g/mol. The summed E-state index contributed by atoms with van der Waals surface area (Å²) in [5.74, 6) is 0.875. The molecule has 0 aliphatic carbocycles. The van der Waals surface area contributed by atoms with Crippen LogP contribution in [0.2, 0.25) is 5.02 Å². The molecule has 3 rings (SSSR count). The third-order valence-electron chi connectivity index (χ3n) is 4.03. The van der Waals surface area contributed by atoms with E-state index in [1.807, 2.05) is 17.0 Å². The molecule has 1 aliphatic rings. The molecule has 0 radical (unpaired) electrons. The van der Waals surface area contributed by atoms with Crippen molar-refractivity contribution >= 4 is 23.1 Å². The predicted molar refractivity (Wildman–Crippen MR) is 92.9 cm³/mol. The fourth-order valence-electron chi connectivity index (χ4n) is 2.72. The first-order valence-electron chi connectivity index (χ1n) is 7.55. The molecule has 3 nitrogen and oxygen atoms in total. The van der Waals surface area contributed by atoms with Gasteiger partial charge in [0.25, 0.3) is 5.91 Å². The average Bonchev–Trinajstić information content (AvgIpc) is 2.61. The second kappa shape index (κ2) is 6.88. The number of ether oxygens (including phenoxy) is 1. The Labute approximate surface area is 141 Å². The Bertz CT molecular complexity index is 737. The zero-order valence-corrected chi connectivity index (χ0v) is 13.7. The predicted octanol–water partition coefficient (Wildman–Crippen LogP) is 4.28. The van der Waals surface area contributed by atoms with Gasteiger partial charge in [0.2, 0.25) is 0 Å². The molecule has 0 aromatic heterocycles. The zero-order valence-electron chi connectivity index (χ0n) is 13.0. The maximum absolute atomic E-state index is 12.5. The van der Waals surface area contributed by atoms with E-state index in [0.29, 0.717) is 23.7 Å². The molecule has 1 amide bonds. The second-order valence-electron chi connectivity index (χ2n) is 5.47. The van der Waals surface area contributed by atoms with Gasteiger partial charge in [0.1, 0.15) is 5.75 Å². The number of methoxy groups -OCH3 is 1. The van der Waals surface area contributed by atoms with Crippen molar-refractivity contribution in [3.8, 4) is 5.75 Å². The lowest BCUT2D eigenvalue weighted by molar-refractivity contribution is 0.0773. The summed E-state index contributed by atoms with van der Waals surface area (Å²) in [6.45, 7) is 1.33. The Kier molecular flexibility index (Phi) is 4.68. The molecule has 4 heteroatoms. The number of carbonyl (C=O) groups is 1. The largest absolute Gasteiger partial charge is 0.497 e. The van der Waals surface area contributed by atoms with Gasteiger partial charge in [-0.3, -0.25) is 4.79 Å². The fraction of sp³-hybridized carbons (Fsp3) is 0.211. The van der Waals surface area contributed by atoms with E-state index in [1.54, 1.807) is 31.4 Å². The van der Waals surface area contributed by atoms with Crippen molar-refractivity contribution in [2.75, 3.05) is 20.2 Å². The van der Waals surface area contributed by atoms with Crippen LogP contribution in [0, 0.1) is 0 Å². The summed E-state index contributed by atoms with van der Waals surface area (Å²) in [6.07, 6.45) is 2.96. The smallest absolute Gasteiger partial charge is 0.254 e. The lowest BCUT2D eigenvalue weighted by Gasteiger charge is -2.27. The van der Waals surface area contributed by atoms with Gasteiger partial charge in [0.15, 0.2) is 0 Å². The molecule has 0 atom stereocenters. The summed E-state index contributed by atoms with van der Waals surface area (Å²) in [5.41, 5.74) is 3.09. The van der Waals surface area contributed by atoms with Crippen LogP contribution in [0.3, 0.4) is 0 Å². The van der Waals surface area contributed by atoms with Crippen LogP contribution in [-0.4, -0.2) is 31.0 Å². The summed E-state index contributed by atoms with van der Waals surface area (Å²) >= 11 is 5.96. The highest BCUT2D eigenvalue weighted by molar-refractivity contribution is 6.30. The van der Waals surface area contributed by atoms with Gasteiger partial charge < -0.3 is 9.64 Å². The summed E-state index contributed by atoms with van der Waals surface area (Å²) in [5, 5.41) is 0.585. The van der Waals surface area contributed by atoms with E-state index in [9.17, 15) is 4.79 Å². The minimum atomic E-state index is 0.0255. The van der Waals surface area contributed by atoms with E-state index in [0.717, 1.165) is 12.2 Å². The number of hydrogen-bond acceptors (Lipinski definition) is 2. The second-order valence-corrected chi connectivity index (χ2v) is 5.91. The Morgan fingerprint density at radius 1 is 1.17 bits per heavy atom. The topological polar surface area (TPSA) is 29.5 Å². The Morgan fingerprint density at radius 3 is 2.57 bits per heavy atom. The van der Waals surface area contributed by atoms with E-state index in [-0.39, 0.29) is 5.91 Å². The Hall–Kier alpha value is -2.26. The monoisotopic (exact) mass is 327 g/mol. The van der Waals surface area contributed by atoms with Crippen molar-refractivity contribution in [3.05, 3.63) is 70.8 Å². The lowest BCUT2D eigenvalue weighted by atomic mass is 9.99. The Morgan fingerprint density at radius 2 is 1.96 bits per heavy atom. The molecule has 0 saturated carbocycles. The summed E-state index contributed by atoms with van der Waals surface area (Å²) in [6, 6.07) is 15.1. The van der Waals surface area contributed by atoms with Gasteiger partial charge in [-0.25, -0.2) is 0 Å². The lowest BCUT2D eigenvalue weighted by Crippen LogP contribution is -2.34. The molecule has 0 spiro atoms. The number of carbonyl (C=O) groups excluding carboxylic acids is 1. The highest BCUT2D eigenvalue weighted by atomic mass is 35.5. The molecule has 0 saturated heterocycles. The van der Waals surface area contributed by atoms with E-state index < -0.39 is 0 Å². The molecule has 0 N–H and O–H groups in total. The van der Waals surface area contributed by atoms with E-state index in [1.165, 1.54) is 11.1 Å². The van der Waals surface area contributed by atoms with Crippen LogP contribution >= 0.6 is 11.6 Å². The summed E-state index contributed by atoms with van der Waals surface area (Å²) in [4.78, 5) is 14.3. The van der Waals surface area contributed by atoms with Gasteiger partial charge in [0, 0.05) is 23.7 Å². The van der Waals surface area contributed by atoms with E-state index in [4.69, 9.17) is 16.3 Å². The minimum absolute atomic E-state index is 0.0255. The minimum Gasteiger partial charge on any atom is -0.497 e. The van der Waals surface area contributed by atoms with Gasteiger partial charge in [-0.05, 0) is 47.9 Å². The molecule has 0 bridgehead atoms. The first-order valence-corrected chi connectivity index (χ1v) is 7.93. The molecule has 2 aromatic carbocycles. The first kappa shape index (κ1) is 15.6. The van der Waals surface area contributed by atoms with Crippen LogP contribution in [0.25, 0.3) is 5.57 Å². The molecule has 118 valence electrons. The van der Waals surface area contributed by atoms with Gasteiger partial charge >= 0.3 is 0 Å². The molecule has 0 fully saturated rings. The van der Waals surface area contributed by atoms with Gasteiger partial charge in [0.05, 0.1) is 7.11 Å². The summed E-state index contributed by atoms with van der Waals surface area (Å²) < 4.78 is 5.18. The van der Waals surface area contributed by atoms with E-state index in [2.05, 4.69) is 18.2 Å². The highest BCUT2D eigenvalue weighted by Gasteiger charge is 2.19. The third kappa shape index (κ3) is 3.57. The van der Waals surface area contributed by atoms with Gasteiger partial charge in [-0.1, -0.05) is 35.9 Å². The van der Waals surface area contributed by atoms with Crippen molar-refractivity contribution in [2.45, 2.75) is 6.42 Å².